The Morgan fingerprint density at radius 1 is 0.282 bits per heavy atom. The average Bonchev–Trinajstić information content (AvgIpc) is 4.39. The van der Waals surface area contributed by atoms with Gasteiger partial charge in [-0.15, -0.1) is 0 Å². The zero-order valence-electron chi connectivity index (χ0n) is 45.0. The van der Waals surface area contributed by atoms with Gasteiger partial charge in [0.25, 0.3) is 0 Å². The number of anilines is 6. The number of hydrogen-bond acceptors (Lipinski definition) is 6. The summed E-state index contributed by atoms with van der Waals surface area (Å²) in [6.45, 7) is 17.7. The number of furan rings is 4. The van der Waals surface area contributed by atoms with Gasteiger partial charge < -0.3 is 27.5 Å². The van der Waals surface area contributed by atoms with Crippen molar-refractivity contribution in [3.05, 3.63) is 216 Å². The molecule has 0 amide bonds. The first-order valence-electron chi connectivity index (χ1n) is 27.0. The van der Waals surface area contributed by atoms with Gasteiger partial charge in [-0.05, 0) is 102 Å². The van der Waals surface area contributed by atoms with Gasteiger partial charge in [-0.1, -0.05) is 162 Å². The first-order chi connectivity index (χ1) is 37.7. The van der Waals surface area contributed by atoms with Crippen molar-refractivity contribution in [3.63, 3.8) is 0 Å². The van der Waals surface area contributed by atoms with Crippen LogP contribution in [0.25, 0.3) is 109 Å². The maximum atomic E-state index is 7.05. The van der Waals surface area contributed by atoms with E-state index in [1.165, 1.54) is 22.3 Å². The molecule has 11 aromatic carbocycles. The summed E-state index contributed by atoms with van der Waals surface area (Å²) in [4.78, 5) is 4.73. The van der Waals surface area contributed by atoms with Gasteiger partial charge in [-0.3, -0.25) is 0 Å². The molecule has 78 heavy (non-hydrogen) atoms. The fourth-order valence-corrected chi connectivity index (χ4v) is 12.4. The smallest absolute Gasteiger partial charge is 0.139 e. The normalized spacial score (nSPS) is 12.6. The monoisotopic (exact) mass is 1010 g/mol. The summed E-state index contributed by atoms with van der Waals surface area (Å²) in [7, 11) is 0. The highest BCUT2D eigenvalue weighted by Gasteiger charge is 2.27. The summed E-state index contributed by atoms with van der Waals surface area (Å²) < 4.78 is 27.4. The maximum Gasteiger partial charge on any atom is 0.139 e. The Bertz CT molecular complexity index is 4640. The molecule has 0 aliphatic rings. The largest absolute Gasteiger partial charge is 0.456 e. The first-order valence-corrected chi connectivity index (χ1v) is 27.0. The van der Waals surface area contributed by atoms with Gasteiger partial charge in [-0.2, -0.15) is 0 Å². The molecule has 6 nitrogen and oxygen atoms in total. The third-order valence-electron chi connectivity index (χ3n) is 16.2. The average molecular weight is 1010 g/mol. The molecule has 15 rings (SSSR count). The second-order valence-electron chi connectivity index (χ2n) is 23.4. The van der Waals surface area contributed by atoms with Crippen LogP contribution in [0.1, 0.15) is 63.8 Å². The lowest BCUT2D eigenvalue weighted by molar-refractivity contribution is 0.572. The number of rotatable bonds is 6. The van der Waals surface area contributed by atoms with E-state index in [4.69, 9.17) is 17.7 Å². The first kappa shape index (κ1) is 46.1. The molecular weight excluding hydrogens is 957 g/mol. The Morgan fingerprint density at radius 3 is 1.08 bits per heavy atom. The van der Waals surface area contributed by atoms with Crippen molar-refractivity contribution < 1.29 is 17.7 Å². The van der Waals surface area contributed by atoms with Gasteiger partial charge in [0.2, 0.25) is 0 Å². The molecule has 0 aliphatic carbocycles. The highest BCUT2D eigenvalue weighted by atomic mass is 16.3. The third kappa shape index (κ3) is 7.02. The zero-order valence-corrected chi connectivity index (χ0v) is 45.0. The summed E-state index contributed by atoms with van der Waals surface area (Å²) in [5.74, 6) is 0. The fraction of sp³-hybridized carbons (Fsp3) is 0.139. The summed E-state index contributed by atoms with van der Waals surface area (Å²) in [6.07, 6.45) is 0. The van der Waals surface area contributed by atoms with Crippen LogP contribution in [0.2, 0.25) is 0 Å². The van der Waals surface area contributed by atoms with E-state index in [9.17, 15) is 0 Å². The Labute approximate surface area is 451 Å². The minimum atomic E-state index is -0.0757. The van der Waals surface area contributed by atoms with Crippen LogP contribution in [-0.4, -0.2) is 0 Å². The van der Waals surface area contributed by atoms with Crippen molar-refractivity contribution in [2.24, 2.45) is 0 Å². The summed E-state index contributed by atoms with van der Waals surface area (Å²) in [5, 5.41) is 13.0. The number of aryl methyl sites for hydroxylation is 2. The minimum absolute atomic E-state index is 0.0757. The molecule has 0 bridgehead atoms. The third-order valence-corrected chi connectivity index (χ3v) is 16.2. The van der Waals surface area contributed by atoms with Gasteiger partial charge in [0.05, 0.1) is 11.4 Å². The van der Waals surface area contributed by atoms with Crippen LogP contribution in [0.3, 0.4) is 0 Å². The van der Waals surface area contributed by atoms with Gasteiger partial charge >= 0.3 is 0 Å². The van der Waals surface area contributed by atoms with Crippen LogP contribution < -0.4 is 9.80 Å². The molecule has 0 saturated carbocycles. The SMILES string of the molecule is Cc1ccc(N(c2ccc3oc4c(C(C)(C)C)cccc4c3c2)c2cc3oc4cc5oc6cc(N(c7ccc(C)cc7)c7ccc8oc9c(C(C)(C)C)cccc9c8c7)c7ccccc7c6c5cc4c3c3ccccc23)cc1. The molecule has 0 radical (unpaired) electrons. The quantitative estimate of drug-likeness (QED) is 0.165. The minimum Gasteiger partial charge on any atom is -0.456 e. The van der Waals surface area contributed by atoms with Gasteiger partial charge in [0, 0.05) is 106 Å². The van der Waals surface area contributed by atoms with Crippen LogP contribution in [0.5, 0.6) is 0 Å². The molecule has 6 heteroatoms. The highest BCUT2D eigenvalue weighted by molar-refractivity contribution is 6.28. The van der Waals surface area contributed by atoms with Gasteiger partial charge in [-0.25, -0.2) is 0 Å². The lowest BCUT2D eigenvalue weighted by atomic mass is 9.86. The molecule has 0 spiro atoms. The predicted molar refractivity (Wildman–Crippen MR) is 327 cm³/mol. The van der Waals surface area contributed by atoms with Crippen molar-refractivity contribution >= 4 is 143 Å². The van der Waals surface area contributed by atoms with Crippen molar-refractivity contribution in [1.29, 1.82) is 0 Å². The second-order valence-corrected chi connectivity index (χ2v) is 23.4. The Kier molecular flexibility index (Phi) is 9.82. The summed E-state index contributed by atoms with van der Waals surface area (Å²) >= 11 is 0. The van der Waals surface area contributed by atoms with E-state index in [-0.39, 0.29) is 10.8 Å². The topological polar surface area (TPSA) is 59.0 Å². The van der Waals surface area contributed by atoms with E-state index < -0.39 is 0 Å². The van der Waals surface area contributed by atoms with Crippen LogP contribution in [-0.2, 0) is 10.8 Å². The predicted octanol–water partition coefficient (Wildman–Crippen LogP) is 21.7. The van der Waals surface area contributed by atoms with Crippen LogP contribution in [0, 0.1) is 13.8 Å². The van der Waals surface area contributed by atoms with E-state index >= 15 is 0 Å². The van der Waals surface area contributed by atoms with E-state index in [1.807, 2.05) is 0 Å². The fourth-order valence-electron chi connectivity index (χ4n) is 12.4. The standard InChI is InChI=1S/C72H56N2O4/c1-41-23-27-43(28-24-41)73(45-31-33-61-53(35-45)51-19-13-21-57(69(51)77-61)71(3,4)5)59-38-65-67(49-17-11-9-15-47(49)59)55-37-56-64(40-63(55)75-65)76-66-39-60(48-16-10-12-18-50(48)68(56)66)74(44-29-25-42(2)26-30-44)46-32-34-62-54(36-46)52-20-14-22-58(70(52)78-62)72(6,7)8/h9-40H,1-8H3. The van der Waals surface area contributed by atoms with Crippen LogP contribution >= 0.6 is 0 Å². The molecule has 0 unspecified atom stereocenters. The van der Waals surface area contributed by atoms with Crippen molar-refractivity contribution in [2.75, 3.05) is 9.80 Å². The highest BCUT2D eigenvalue weighted by Crippen LogP contribution is 2.50. The summed E-state index contributed by atoms with van der Waals surface area (Å²) in [5.41, 5.74) is 17.6. The number of benzene rings is 11. The van der Waals surface area contributed by atoms with Gasteiger partial charge in [0.15, 0.2) is 0 Å². The van der Waals surface area contributed by atoms with Crippen molar-refractivity contribution in [3.8, 4) is 0 Å². The maximum absolute atomic E-state index is 7.05. The second kappa shape index (κ2) is 16.6. The molecule has 4 aromatic heterocycles. The molecule has 378 valence electrons. The Morgan fingerprint density at radius 2 is 0.667 bits per heavy atom. The number of fused-ring (bicyclic) bond motifs is 16. The lowest BCUT2D eigenvalue weighted by Gasteiger charge is -2.27. The van der Waals surface area contributed by atoms with Gasteiger partial charge in [0.1, 0.15) is 44.7 Å². The molecule has 15 aromatic rings. The Hall–Kier alpha value is -9.26. The van der Waals surface area contributed by atoms with E-state index in [0.717, 1.165) is 143 Å². The van der Waals surface area contributed by atoms with Crippen molar-refractivity contribution in [2.45, 2.75) is 66.2 Å². The Balaban J connectivity index is 0.923. The zero-order chi connectivity index (χ0) is 52.9. The molecule has 0 aliphatic heterocycles. The van der Waals surface area contributed by atoms with Crippen LogP contribution in [0.15, 0.2) is 212 Å². The summed E-state index contributed by atoms with van der Waals surface area (Å²) in [6, 6.07) is 70.1. The number of hydrogen-bond donors (Lipinski definition) is 0. The molecule has 0 N–H and O–H groups in total. The molecular formula is C72H56N2O4. The molecule has 0 saturated heterocycles. The molecule has 0 atom stereocenters. The molecule has 4 heterocycles. The lowest BCUT2D eigenvalue weighted by Crippen LogP contribution is -2.11. The van der Waals surface area contributed by atoms with Crippen LogP contribution in [0.4, 0.5) is 34.1 Å². The molecule has 0 fully saturated rings. The number of nitrogens with zero attached hydrogens (tertiary/aromatic N) is 2. The van der Waals surface area contributed by atoms with E-state index in [2.05, 4.69) is 259 Å². The van der Waals surface area contributed by atoms with E-state index in [1.54, 1.807) is 0 Å². The van der Waals surface area contributed by atoms with Crippen molar-refractivity contribution in [1.82, 2.24) is 0 Å². The van der Waals surface area contributed by atoms with E-state index in [0.29, 0.717) is 0 Å². The number of para-hydroxylation sites is 2.